The van der Waals surface area contributed by atoms with Gasteiger partial charge in [0.15, 0.2) is 0 Å². The molecule has 0 aromatic rings. The Labute approximate surface area is 72.2 Å². The Hall–Kier alpha value is 0.623. The molecule has 0 aromatic carbocycles. The van der Waals surface area contributed by atoms with Gasteiger partial charge in [0.2, 0.25) is 0 Å². The summed E-state index contributed by atoms with van der Waals surface area (Å²) in [6.07, 6.45) is 5.08. The summed E-state index contributed by atoms with van der Waals surface area (Å²) in [5.41, 5.74) is 0. The molecular weight excluding hydrogens is 161 g/mol. The number of hydrogen-bond acceptors (Lipinski definition) is 0. The van der Waals surface area contributed by atoms with Crippen LogP contribution in [-0.4, -0.2) is 0 Å². The Balaban J connectivity index is 0. The Kier molecular flexibility index (Phi) is 11.8. The SMILES string of the molecule is [CH2-]CCCC(C)CC.[Zn]. The maximum absolute atomic E-state index is 3.79. The zero-order valence-corrected chi connectivity index (χ0v) is 9.79. The molecule has 9 heavy (non-hydrogen) atoms. The van der Waals surface area contributed by atoms with Crippen LogP contribution in [0.3, 0.4) is 0 Å². The van der Waals surface area contributed by atoms with Crippen LogP contribution in [0.1, 0.15) is 39.5 Å². The smallest absolute Gasteiger partial charge is 0 e. The normalized spacial score (nSPS) is 12.3. The average molecular weight is 179 g/mol. The van der Waals surface area contributed by atoms with Crippen molar-refractivity contribution in [3.63, 3.8) is 0 Å². The van der Waals surface area contributed by atoms with Crippen molar-refractivity contribution in [2.24, 2.45) is 5.92 Å². The third-order valence-corrected chi connectivity index (χ3v) is 1.64. The number of rotatable bonds is 4. The van der Waals surface area contributed by atoms with Crippen LogP contribution < -0.4 is 0 Å². The van der Waals surface area contributed by atoms with E-state index in [2.05, 4.69) is 20.8 Å². The van der Waals surface area contributed by atoms with Gasteiger partial charge >= 0.3 is 0 Å². The van der Waals surface area contributed by atoms with E-state index >= 15 is 0 Å². The zero-order valence-electron chi connectivity index (χ0n) is 6.82. The summed E-state index contributed by atoms with van der Waals surface area (Å²) >= 11 is 0. The van der Waals surface area contributed by atoms with Crippen molar-refractivity contribution < 1.29 is 19.5 Å². The summed E-state index contributed by atoms with van der Waals surface area (Å²) in [7, 11) is 0. The summed E-state index contributed by atoms with van der Waals surface area (Å²) in [5.74, 6) is 0.914. The second-order valence-electron chi connectivity index (χ2n) is 2.51. The van der Waals surface area contributed by atoms with E-state index in [1.165, 1.54) is 19.3 Å². The van der Waals surface area contributed by atoms with E-state index in [0.29, 0.717) is 0 Å². The van der Waals surface area contributed by atoms with Gasteiger partial charge in [-0.1, -0.05) is 33.1 Å². The minimum absolute atomic E-state index is 0. The fraction of sp³-hybridized carbons (Fsp3) is 0.875. The first-order valence-corrected chi connectivity index (χ1v) is 3.60. The molecule has 0 spiro atoms. The molecule has 0 aromatic heterocycles. The van der Waals surface area contributed by atoms with E-state index in [1.54, 1.807) is 0 Å². The molecule has 0 aliphatic heterocycles. The molecule has 0 rings (SSSR count). The predicted molar refractivity (Wildman–Crippen MR) is 38.7 cm³/mol. The summed E-state index contributed by atoms with van der Waals surface area (Å²) in [6, 6.07) is 0. The van der Waals surface area contributed by atoms with Gasteiger partial charge in [0.1, 0.15) is 0 Å². The summed E-state index contributed by atoms with van der Waals surface area (Å²) in [6.45, 7) is 8.34. The van der Waals surface area contributed by atoms with E-state index < -0.39 is 0 Å². The molecule has 0 heterocycles. The topological polar surface area (TPSA) is 0 Å². The van der Waals surface area contributed by atoms with Gasteiger partial charge in [-0.05, 0) is 5.92 Å². The van der Waals surface area contributed by atoms with Crippen LogP contribution in [0.15, 0.2) is 0 Å². The summed E-state index contributed by atoms with van der Waals surface area (Å²) in [4.78, 5) is 0. The first-order valence-electron chi connectivity index (χ1n) is 3.60. The molecule has 0 nitrogen and oxygen atoms in total. The Morgan fingerprint density at radius 3 is 2.33 bits per heavy atom. The van der Waals surface area contributed by atoms with Gasteiger partial charge in [0.05, 0.1) is 0 Å². The van der Waals surface area contributed by atoms with Crippen molar-refractivity contribution in [3.05, 3.63) is 6.92 Å². The van der Waals surface area contributed by atoms with Gasteiger partial charge < -0.3 is 6.92 Å². The monoisotopic (exact) mass is 177 g/mol. The van der Waals surface area contributed by atoms with Crippen molar-refractivity contribution in [2.75, 3.05) is 0 Å². The van der Waals surface area contributed by atoms with Crippen molar-refractivity contribution in [1.82, 2.24) is 0 Å². The molecule has 0 fully saturated rings. The van der Waals surface area contributed by atoms with Gasteiger partial charge in [-0.25, -0.2) is 0 Å². The Morgan fingerprint density at radius 1 is 1.44 bits per heavy atom. The summed E-state index contributed by atoms with van der Waals surface area (Å²) < 4.78 is 0. The van der Waals surface area contributed by atoms with E-state index in [1.807, 2.05) is 0 Å². The average Bonchev–Trinajstić information content (AvgIpc) is 1.83. The van der Waals surface area contributed by atoms with Gasteiger partial charge in [0.25, 0.3) is 0 Å². The first kappa shape index (κ1) is 12.3. The van der Waals surface area contributed by atoms with Crippen LogP contribution in [0.5, 0.6) is 0 Å². The third-order valence-electron chi connectivity index (χ3n) is 1.64. The van der Waals surface area contributed by atoms with Crippen LogP contribution >= 0.6 is 0 Å². The van der Waals surface area contributed by atoms with Crippen molar-refractivity contribution in [2.45, 2.75) is 39.5 Å². The Bertz CT molecular complexity index is 43.8. The number of hydrogen-bond donors (Lipinski definition) is 0. The van der Waals surface area contributed by atoms with Crippen molar-refractivity contribution >= 4 is 0 Å². The molecule has 0 saturated heterocycles. The van der Waals surface area contributed by atoms with Gasteiger partial charge in [-0.15, -0.1) is 0 Å². The molecule has 52 valence electrons. The molecule has 0 radical (unpaired) electrons. The standard InChI is InChI=1S/C8H17.Zn/c1-4-6-7-8(3)5-2;/h8H,1,4-7H2,2-3H3;/q-1;. The second-order valence-corrected chi connectivity index (χ2v) is 2.51. The largest absolute Gasteiger partial charge is 0.343 e. The molecule has 0 amide bonds. The van der Waals surface area contributed by atoms with E-state index in [4.69, 9.17) is 0 Å². The van der Waals surface area contributed by atoms with Crippen LogP contribution in [0.25, 0.3) is 0 Å². The van der Waals surface area contributed by atoms with Gasteiger partial charge in [-0.2, -0.15) is 6.42 Å². The minimum Gasteiger partial charge on any atom is -0.343 e. The zero-order chi connectivity index (χ0) is 6.41. The third kappa shape index (κ3) is 8.62. The van der Waals surface area contributed by atoms with Crippen LogP contribution in [0.2, 0.25) is 0 Å². The maximum Gasteiger partial charge on any atom is 0 e. The van der Waals surface area contributed by atoms with Crippen LogP contribution in [0, 0.1) is 12.8 Å². The van der Waals surface area contributed by atoms with Crippen LogP contribution in [0.4, 0.5) is 0 Å². The predicted octanol–water partition coefficient (Wildman–Crippen LogP) is 3.03. The molecule has 0 bridgehead atoms. The number of unbranched alkanes of at least 4 members (excludes halogenated alkanes) is 1. The molecule has 1 unspecified atom stereocenters. The summed E-state index contributed by atoms with van der Waals surface area (Å²) in [5, 5.41) is 0. The minimum atomic E-state index is 0. The fourth-order valence-corrected chi connectivity index (χ4v) is 0.697. The fourth-order valence-electron chi connectivity index (χ4n) is 0.697. The molecule has 1 atom stereocenters. The quantitative estimate of drug-likeness (QED) is 0.459. The van der Waals surface area contributed by atoms with Crippen molar-refractivity contribution in [1.29, 1.82) is 0 Å². The van der Waals surface area contributed by atoms with E-state index in [0.717, 1.165) is 12.3 Å². The van der Waals surface area contributed by atoms with Gasteiger partial charge in [-0.3, -0.25) is 0 Å². The first-order chi connectivity index (χ1) is 3.81. The molecule has 0 aliphatic rings. The molecule has 0 saturated carbocycles. The maximum atomic E-state index is 3.79. The van der Waals surface area contributed by atoms with E-state index in [-0.39, 0.29) is 19.5 Å². The van der Waals surface area contributed by atoms with Crippen molar-refractivity contribution in [3.8, 4) is 0 Å². The van der Waals surface area contributed by atoms with E-state index in [9.17, 15) is 0 Å². The molecule has 1 heteroatoms. The van der Waals surface area contributed by atoms with Gasteiger partial charge in [0, 0.05) is 19.5 Å². The van der Waals surface area contributed by atoms with Crippen LogP contribution in [-0.2, 0) is 19.5 Å². The Morgan fingerprint density at radius 2 is 2.00 bits per heavy atom. The molecule has 0 N–H and O–H groups in total. The second kappa shape index (κ2) is 8.62. The molecular formula is C8H17Zn-. The molecule has 0 aliphatic carbocycles.